The number of nitrogens with one attached hydrogen (secondary N) is 2. The maximum atomic E-state index is 13.7. The Morgan fingerprint density at radius 3 is 2.75 bits per heavy atom. The fraction of sp³-hybridized carbons (Fsp3) is 0. The van der Waals surface area contributed by atoms with Crippen molar-refractivity contribution < 1.29 is 9.18 Å². The Morgan fingerprint density at radius 2 is 1.89 bits per heavy atom. The number of amides is 1. The monoisotopic (exact) mass is 392 g/mol. The second-order valence-corrected chi connectivity index (χ2v) is 6.44. The number of hydrogen-bond donors (Lipinski definition) is 2. The maximum absolute atomic E-state index is 13.7. The molecule has 28 heavy (non-hydrogen) atoms. The van der Waals surface area contributed by atoms with Crippen molar-refractivity contribution in [2.24, 2.45) is 5.10 Å². The first kappa shape index (κ1) is 17.9. The molecule has 4 aromatic rings. The molecule has 0 spiro atoms. The fourth-order valence-corrected chi connectivity index (χ4v) is 3.09. The quantitative estimate of drug-likeness (QED) is 0.387. The summed E-state index contributed by atoms with van der Waals surface area (Å²) in [5.74, 6) is -1.02. The van der Waals surface area contributed by atoms with Crippen LogP contribution in [0.3, 0.4) is 0 Å². The third kappa shape index (κ3) is 3.50. The van der Waals surface area contributed by atoms with Crippen LogP contribution in [0.2, 0.25) is 5.02 Å². The molecule has 0 saturated heterocycles. The molecular formula is C21H14ClFN4O. The second-order valence-electron chi connectivity index (χ2n) is 6.03. The summed E-state index contributed by atoms with van der Waals surface area (Å²) < 4.78 is 13.7. The van der Waals surface area contributed by atoms with Crippen molar-refractivity contribution >= 4 is 34.5 Å². The molecule has 138 valence electrons. The van der Waals surface area contributed by atoms with Crippen LogP contribution in [-0.4, -0.2) is 22.3 Å². The molecule has 0 radical (unpaired) electrons. The highest BCUT2D eigenvalue weighted by molar-refractivity contribution is 6.33. The van der Waals surface area contributed by atoms with Crippen molar-refractivity contribution in [3.63, 3.8) is 0 Å². The molecule has 0 aliphatic carbocycles. The zero-order valence-corrected chi connectivity index (χ0v) is 15.2. The third-order valence-corrected chi connectivity index (χ3v) is 4.58. The normalized spacial score (nSPS) is 11.2. The van der Waals surface area contributed by atoms with E-state index in [9.17, 15) is 9.18 Å². The molecule has 0 fully saturated rings. The first-order valence-corrected chi connectivity index (χ1v) is 8.82. The summed E-state index contributed by atoms with van der Waals surface area (Å²) >= 11 is 5.92. The van der Waals surface area contributed by atoms with Gasteiger partial charge in [0.05, 0.1) is 16.9 Å². The Labute approximate surface area is 164 Å². The van der Waals surface area contributed by atoms with E-state index in [1.807, 2.05) is 42.5 Å². The number of aromatic amines is 1. The Balaban J connectivity index is 1.54. The van der Waals surface area contributed by atoms with E-state index in [-0.39, 0.29) is 16.3 Å². The van der Waals surface area contributed by atoms with Gasteiger partial charge < -0.3 is 0 Å². The van der Waals surface area contributed by atoms with E-state index in [1.54, 1.807) is 12.1 Å². The minimum Gasteiger partial charge on any atom is -0.272 e. The molecule has 0 bridgehead atoms. The number of rotatable bonds is 4. The molecule has 0 aliphatic rings. The lowest BCUT2D eigenvalue weighted by atomic mass is 10.0. The number of hydrogen-bond acceptors (Lipinski definition) is 3. The van der Waals surface area contributed by atoms with E-state index in [4.69, 9.17) is 11.6 Å². The Bertz CT molecular complexity index is 1180. The predicted molar refractivity (Wildman–Crippen MR) is 108 cm³/mol. The average molecular weight is 393 g/mol. The molecule has 1 heterocycles. The first-order valence-electron chi connectivity index (χ1n) is 8.44. The number of aromatic nitrogens is 2. The molecular weight excluding hydrogens is 379 g/mol. The van der Waals surface area contributed by atoms with Gasteiger partial charge in [0.15, 0.2) is 0 Å². The van der Waals surface area contributed by atoms with Crippen LogP contribution in [0, 0.1) is 5.82 Å². The van der Waals surface area contributed by atoms with Crippen molar-refractivity contribution in [3.05, 3.63) is 88.8 Å². The smallest absolute Gasteiger partial charge is 0.272 e. The van der Waals surface area contributed by atoms with Crippen molar-refractivity contribution in [1.29, 1.82) is 0 Å². The summed E-state index contributed by atoms with van der Waals surface area (Å²) in [6.07, 6.45) is 1.16. The van der Waals surface area contributed by atoms with Crippen molar-refractivity contribution in [2.75, 3.05) is 0 Å². The van der Waals surface area contributed by atoms with Crippen molar-refractivity contribution in [2.45, 2.75) is 0 Å². The summed E-state index contributed by atoms with van der Waals surface area (Å²) in [4.78, 5) is 12.3. The Morgan fingerprint density at radius 1 is 1.11 bits per heavy atom. The van der Waals surface area contributed by atoms with Crippen LogP contribution in [0.25, 0.3) is 22.0 Å². The fourth-order valence-electron chi connectivity index (χ4n) is 2.87. The van der Waals surface area contributed by atoms with Gasteiger partial charge >= 0.3 is 0 Å². The van der Waals surface area contributed by atoms with E-state index in [0.717, 1.165) is 22.6 Å². The Hall–Kier alpha value is -3.51. The number of carbonyl (C=O) groups is 1. The summed E-state index contributed by atoms with van der Waals surface area (Å²) in [6.45, 7) is 0. The van der Waals surface area contributed by atoms with Crippen LogP contribution in [0.5, 0.6) is 0 Å². The minimum absolute atomic E-state index is 0.102. The van der Waals surface area contributed by atoms with Crippen LogP contribution in [0.4, 0.5) is 4.39 Å². The van der Waals surface area contributed by atoms with E-state index in [2.05, 4.69) is 20.7 Å². The lowest BCUT2D eigenvalue weighted by Crippen LogP contribution is -2.18. The SMILES string of the molecule is O=C(N/N=C/c1c(F)cccc1Cl)c1cc(-c2cccc3ccccc23)n[nH]1. The molecule has 1 amide bonds. The van der Waals surface area contributed by atoms with Crippen LogP contribution < -0.4 is 5.43 Å². The van der Waals surface area contributed by atoms with E-state index in [1.165, 1.54) is 12.1 Å². The first-order chi connectivity index (χ1) is 13.6. The molecule has 0 atom stereocenters. The Kier molecular flexibility index (Phi) is 4.87. The highest BCUT2D eigenvalue weighted by Crippen LogP contribution is 2.27. The van der Waals surface area contributed by atoms with Gasteiger partial charge in [0.25, 0.3) is 5.91 Å². The molecule has 7 heteroatoms. The second kappa shape index (κ2) is 7.62. The minimum atomic E-state index is -0.523. The molecule has 0 saturated carbocycles. The lowest BCUT2D eigenvalue weighted by Gasteiger charge is -2.02. The van der Waals surface area contributed by atoms with Gasteiger partial charge in [-0.15, -0.1) is 0 Å². The van der Waals surface area contributed by atoms with Gasteiger partial charge in [-0.1, -0.05) is 60.1 Å². The van der Waals surface area contributed by atoms with E-state index < -0.39 is 11.7 Å². The zero-order valence-electron chi connectivity index (χ0n) is 14.5. The average Bonchev–Trinajstić information content (AvgIpc) is 3.20. The third-order valence-electron chi connectivity index (χ3n) is 4.25. The molecule has 5 nitrogen and oxygen atoms in total. The summed E-state index contributed by atoms with van der Waals surface area (Å²) in [7, 11) is 0. The molecule has 2 N–H and O–H groups in total. The van der Waals surface area contributed by atoms with Gasteiger partial charge in [-0.25, -0.2) is 9.82 Å². The number of fused-ring (bicyclic) bond motifs is 1. The highest BCUT2D eigenvalue weighted by Gasteiger charge is 2.12. The summed E-state index contributed by atoms with van der Waals surface area (Å²) in [6, 6.07) is 19.8. The standard InChI is InChI=1S/C21H14ClFN4O/c22-17-9-4-10-18(23)16(17)12-24-27-21(28)20-11-19(25-26-20)15-8-3-6-13-5-1-2-7-14(13)15/h1-12H,(H,25,26)(H,27,28)/b24-12+. The van der Waals surface area contributed by atoms with Crippen LogP contribution in [0.1, 0.15) is 16.1 Å². The van der Waals surface area contributed by atoms with E-state index >= 15 is 0 Å². The predicted octanol–water partition coefficient (Wildman–Crippen LogP) is 4.79. The van der Waals surface area contributed by atoms with Crippen LogP contribution in [-0.2, 0) is 0 Å². The van der Waals surface area contributed by atoms with Gasteiger partial charge in [0.1, 0.15) is 11.5 Å². The van der Waals surface area contributed by atoms with Gasteiger partial charge in [-0.3, -0.25) is 9.89 Å². The highest BCUT2D eigenvalue weighted by atomic mass is 35.5. The van der Waals surface area contributed by atoms with Crippen LogP contribution >= 0.6 is 11.6 Å². The number of carbonyl (C=O) groups excluding carboxylic acids is 1. The lowest BCUT2D eigenvalue weighted by molar-refractivity contribution is 0.0950. The number of hydrazone groups is 1. The van der Waals surface area contributed by atoms with Crippen molar-refractivity contribution in [3.8, 4) is 11.3 Å². The van der Waals surface area contributed by atoms with E-state index in [0.29, 0.717) is 5.69 Å². The maximum Gasteiger partial charge on any atom is 0.289 e. The topological polar surface area (TPSA) is 70.1 Å². The molecule has 0 aliphatic heterocycles. The summed E-state index contributed by atoms with van der Waals surface area (Å²) in [5, 5.41) is 13.0. The van der Waals surface area contributed by atoms with Crippen molar-refractivity contribution in [1.82, 2.24) is 15.6 Å². The van der Waals surface area contributed by atoms with Gasteiger partial charge in [-0.05, 0) is 29.0 Å². The zero-order chi connectivity index (χ0) is 19.5. The molecule has 0 unspecified atom stereocenters. The summed E-state index contributed by atoms with van der Waals surface area (Å²) in [5.41, 5.74) is 4.23. The molecule has 3 aromatic carbocycles. The molecule has 4 rings (SSSR count). The number of benzene rings is 3. The number of nitrogens with zero attached hydrogens (tertiary/aromatic N) is 2. The van der Waals surface area contributed by atoms with Gasteiger partial charge in [0, 0.05) is 11.1 Å². The largest absolute Gasteiger partial charge is 0.289 e. The van der Waals surface area contributed by atoms with Crippen LogP contribution in [0.15, 0.2) is 71.8 Å². The number of halogens is 2. The number of H-pyrrole nitrogens is 1. The molecule has 1 aromatic heterocycles. The van der Waals surface area contributed by atoms with Gasteiger partial charge in [-0.2, -0.15) is 10.2 Å². The van der Waals surface area contributed by atoms with Gasteiger partial charge in [0.2, 0.25) is 0 Å².